The number of hydrogen-bond donors (Lipinski definition) is 4. The molecule has 0 radical (unpaired) electrons. The molecule has 7 heteroatoms. The average Bonchev–Trinajstić information content (AvgIpc) is 2.77. The number of nitrogen functional groups attached to an aromatic ring is 3. The number of ketones is 2. The van der Waals surface area contributed by atoms with Crippen LogP contribution in [0.3, 0.4) is 0 Å². The zero-order valence-electron chi connectivity index (χ0n) is 17.1. The third-order valence-corrected chi connectivity index (χ3v) is 4.81. The van der Waals surface area contributed by atoms with Gasteiger partial charge in [0.1, 0.15) is 12.4 Å². The van der Waals surface area contributed by atoms with Crippen LogP contribution in [0.5, 0.6) is 5.75 Å². The fourth-order valence-corrected chi connectivity index (χ4v) is 3.00. The van der Waals surface area contributed by atoms with Gasteiger partial charge in [0, 0.05) is 22.6 Å². The van der Waals surface area contributed by atoms with Crippen molar-refractivity contribution in [2.45, 2.75) is 12.5 Å². The van der Waals surface area contributed by atoms with Gasteiger partial charge < -0.3 is 21.9 Å². The summed E-state index contributed by atoms with van der Waals surface area (Å²) >= 11 is 0. The predicted molar refractivity (Wildman–Crippen MR) is 123 cm³/mol. The van der Waals surface area contributed by atoms with E-state index in [0.29, 0.717) is 34.8 Å². The third-order valence-electron chi connectivity index (χ3n) is 4.81. The van der Waals surface area contributed by atoms with Gasteiger partial charge in [-0.15, -0.1) is 0 Å². The Balaban J connectivity index is 1.66. The average molecular weight is 418 g/mol. The van der Waals surface area contributed by atoms with E-state index in [4.69, 9.17) is 21.9 Å². The second kappa shape index (κ2) is 10.3. The largest absolute Gasteiger partial charge is 0.486 e. The lowest BCUT2D eigenvalue weighted by Crippen LogP contribution is -2.43. The number of nitrogens with two attached hydrogens (primary N) is 3. The highest BCUT2D eigenvalue weighted by Gasteiger charge is 2.21. The van der Waals surface area contributed by atoms with Crippen LogP contribution in [0.15, 0.2) is 72.8 Å². The Bertz CT molecular complexity index is 1020. The van der Waals surface area contributed by atoms with Crippen molar-refractivity contribution in [2.24, 2.45) is 0 Å². The molecule has 0 fully saturated rings. The summed E-state index contributed by atoms with van der Waals surface area (Å²) in [5.74, 6) is 0.250. The van der Waals surface area contributed by atoms with Crippen LogP contribution in [0, 0.1) is 0 Å². The van der Waals surface area contributed by atoms with Crippen LogP contribution in [0.1, 0.15) is 15.9 Å². The van der Waals surface area contributed by atoms with E-state index in [0.717, 1.165) is 5.56 Å². The van der Waals surface area contributed by atoms with Crippen LogP contribution in [0.25, 0.3) is 0 Å². The first-order valence-corrected chi connectivity index (χ1v) is 9.88. The molecule has 1 unspecified atom stereocenters. The predicted octanol–water partition coefficient (Wildman–Crippen LogP) is 2.46. The second-order valence-corrected chi connectivity index (χ2v) is 7.25. The van der Waals surface area contributed by atoms with E-state index < -0.39 is 6.04 Å². The van der Waals surface area contributed by atoms with E-state index in [1.807, 2.05) is 12.1 Å². The molecule has 1 atom stereocenters. The summed E-state index contributed by atoms with van der Waals surface area (Å²) in [4.78, 5) is 25.4. The molecule has 0 saturated carbocycles. The Hall–Kier alpha value is -3.84. The minimum atomic E-state index is -0.602. The van der Waals surface area contributed by atoms with E-state index in [2.05, 4.69) is 5.32 Å². The highest BCUT2D eigenvalue weighted by atomic mass is 16.5. The zero-order chi connectivity index (χ0) is 22.2. The van der Waals surface area contributed by atoms with E-state index in [1.54, 1.807) is 60.7 Å². The summed E-state index contributed by atoms with van der Waals surface area (Å²) in [5, 5.41) is 3.08. The molecular formula is C24H26N4O3. The van der Waals surface area contributed by atoms with Crippen molar-refractivity contribution >= 4 is 28.6 Å². The summed E-state index contributed by atoms with van der Waals surface area (Å²) in [6.45, 7) is -0.121. The van der Waals surface area contributed by atoms with Crippen molar-refractivity contribution in [1.29, 1.82) is 0 Å². The quantitative estimate of drug-likeness (QED) is 0.293. The minimum absolute atomic E-state index is 0.0111. The first kappa shape index (κ1) is 21.9. The molecule has 0 aliphatic carbocycles. The molecule has 0 bridgehead atoms. The van der Waals surface area contributed by atoms with Gasteiger partial charge in [-0.1, -0.05) is 12.1 Å². The summed E-state index contributed by atoms with van der Waals surface area (Å²) < 4.78 is 5.60. The molecule has 0 aromatic heterocycles. The standard InChI is InChI=1S/C24H26N4O3/c25-18-5-1-16(2-6-18)13-22(24(30)15-31-21-11-9-20(27)10-12-21)28-14-23(29)17-3-7-19(26)8-4-17/h1-12,22,28H,13-15,25-27H2. The number of carbonyl (C=O) groups is 2. The van der Waals surface area contributed by atoms with Crippen LogP contribution in [-0.2, 0) is 11.2 Å². The maximum atomic E-state index is 12.9. The normalized spacial score (nSPS) is 11.6. The van der Waals surface area contributed by atoms with Crippen molar-refractivity contribution < 1.29 is 14.3 Å². The number of Topliss-reactive ketones (excluding diaryl/α,β-unsaturated/α-hetero) is 2. The summed E-state index contributed by atoms with van der Waals surface area (Å²) in [6, 6.07) is 20.2. The summed E-state index contributed by atoms with van der Waals surface area (Å²) in [6.07, 6.45) is 0.402. The van der Waals surface area contributed by atoms with Crippen LogP contribution in [-0.4, -0.2) is 30.8 Å². The highest BCUT2D eigenvalue weighted by molar-refractivity contribution is 5.98. The number of rotatable bonds is 10. The lowest BCUT2D eigenvalue weighted by molar-refractivity contribution is -0.123. The molecule has 31 heavy (non-hydrogen) atoms. The molecule has 0 aliphatic rings. The molecule has 3 aromatic rings. The Kier molecular flexibility index (Phi) is 7.24. The van der Waals surface area contributed by atoms with Gasteiger partial charge in [0.15, 0.2) is 11.6 Å². The topological polar surface area (TPSA) is 133 Å². The van der Waals surface area contributed by atoms with Crippen LogP contribution >= 0.6 is 0 Å². The van der Waals surface area contributed by atoms with E-state index in [1.165, 1.54) is 0 Å². The van der Waals surface area contributed by atoms with Gasteiger partial charge in [0.2, 0.25) is 0 Å². The molecule has 0 heterocycles. The van der Waals surface area contributed by atoms with Gasteiger partial charge in [0.25, 0.3) is 0 Å². The van der Waals surface area contributed by atoms with Crippen molar-refractivity contribution in [3.8, 4) is 5.75 Å². The molecule has 0 amide bonds. The first-order valence-electron chi connectivity index (χ1n) is 9.88. The Labute approximate surface area is 181 Å². The monoisotopic (exact) mass is 418 g/mol. The van der Waals surface area contributed by atoms with Crippen molar-refractivity contribution in [1.82, 2.24) is 5.32 Å². The minimum Gasteiger partial charge on any atom is -0.486 e. The van der Waals surface area contributed by atoms with Crippen LogP contribution < -0.4 is 27.3 Å². The Morgan fingerprint density at radius 3 is 1.87 bits per heavy atom. The highest BCUT2D eigenvalue weighted by Crippen LogP contribution is 2.14. The molecule has 7 nitrogen and oxygen atoms in total. The molecular weight excluding hydrogens is 392 g/mol. The van der Waals surface area contributed by atoms with Gasteiger partial charge in [-0.05, 0) is 72.6 Å². The van der Waals surface area contributed by atoms with Gasteiger partial charge in [-0.2, -0.15) is 0 Å². The zero-order valence-corrected chi connectivity index (χ0v) is 17.1. The summed E-state index contributed by atoms with van der Waals surface area (Å²) in [5.41, 5.74) is 20.4. The van der Waals surface area contributed by atoms with E-state index in [9.17, 15) is 9.59 Å². The van der Waals surface area contributed by atoms with Gasteiger partial charge in [-0.25, -0.2) is 0 Å². The van der Waals surface area contributed by atoms with Crippen molar-refractivity contribution in [3.05, 3.63) is 83.9 Å². The fourth-order valence-electron chi connectivity index (χ4n) is 3.00. The summed E-state index contributed by atoms with van der Waals surface area (Å²) in [7, 11) is 0. The number of hydrogen-bond acceptors (Lipinski definition) is 7. The van der Waals surface area contributed by atoms with Gasteiger partial charge in [0.05, 0.1) is 12.6 Å². The van der Waals surface area contributed by atoms with Gasteiger partial charge >= 0.3 is 0 Å². The van der Waals surface area contributed by atoms with Crippen molar-refractivity contribution in [3.63, 3.8) is 0 Å². The molecule has 0 aliphatic heterocycles. The molecule has 160 valence electrons. The maximum absolute atomic E-state index is 12.9. The lowest BCUT2D eigenvalue weighted by Gasteiger charge is -2.18. The molecule has 0 saturated heterocycles. The van der Waals surface area contributed by atoms with Crippen molar-refractivity contribution in [2.75, 3.05) is 30.4 Å². The van der Waals surface area contributed by atoms with Gasteiger partial charge in [-0.3, -0.25) is 14.9 Å². The number of anilines is 3. The smallest absolute Gasteiger partial charge is 0.187 e. The molecule has 7 N–H and O–H groups in total. The van der Waals surface area contributed by atoms with Crippen LogP contribution in [0.4, 0.5) is 17.1 Å². The van der Waals surface area contributed by atoms with E-state index >= 15 is 0 Å². The molecule has 0 spiro atoms. The Morgan fingerprint density at radius 1 is 0.774 bits per heavy atom. The number of benzene rings is 3. The second-order valence-electron chi connectivity index (χ2n) is 7.25. The number of ether oxygens (including phenoxy) is 1. The molecule has 3 aromatic carbocycles. The van der Waals surface area contributed by atoms with Crippen LogP contribution in [0.2, 0.25) is 0 Å². The van der Waals surface area contributed by atoms with E-state index in [-0.39, 0.29) is 24.7 Å². The maximum Gasteiger partial charge on any atom is 0.187 e. The number of carbonyl (C=O) groups excluding carboxylic acids is 2. The third kappa shape index (κ3) is 6.58. The SMILES string of the molecule is Nc1ccc(CC(NCC(=O)c2ccc(N)cc2)C(=O)COc2ccc(N)cc2)cc1. The number of nitrogens with one attached hydrogen (secondary N) is 1. The lowest BCUT2D eigenvalue weighted by atomic mass is 10.0. The molecule has 3 rings (SSSR count). The Morgan fingerprint density at radius 2 is 1.29 bits per heavy atom. The first-order chi connectivity index (χ1) is 14.9. The fraction of sp³-hybridized carbons (Fsp3) is 0.167.